The van der Waals surface area contributed by atoms with Crippen molar-refractivity contribution in [3.63, 3.8) is 0 Å². The van der Waals surface area contributed by atoms with Gasteiger partial charge in [-0.2, -0.15) is 0 Å². The number of hydrogen-bond acceptors (Lipinski definition) is 6. The Balaban J connectivity index is 1.64. The van der Waals surface area contributed by atoms with Gasteiger partial charge in [0.25, 0.3) is 5.91 Å². The van der Waals surface area contributed by atoms with Crippen LogP contribution >= 0.6 is 0 Å². The van der Waals surface area contributed by atoms with E-state index in [1.807, 2.05) is 12.1 Å². The minimum absolute atomic E-state index is 0.266. The number of anilines is 2. The van der Waals surface area contributed by atoms with Gasteiger partial charge in [-0.1, -0.05) is 0 Å². The van der Waals surface area contributed by atoms with Crippen LogP contribution in [-0.2, 0) is 6.54 Å². The number of ether oxygens (including phenoxy) is 1. The van der Waals surface area contributed by atoms with Crippen LogP contribution in [0.15, 0.2) is 59.5 Å². The van der Waals surface area contributed by atoms with Gasteiger partial charge in [0.1, 0.15) is 29.3 Å². The van der Waals surface area contributed by atoms with Gasteiger partial charge in [0.05, 0.1) is 19.9 Å². The van der Waals surface area contributed by atoms with Crippen molar-refractivity contribution in [2.45, 2.75) is 6.54 Å². The number of rotatable bonds is 6. The van der Waals surface area contributed by atoms with Gasteiger partial charge in [-0.05, 0) is 36.4 Å². The topological polar surface area (TPSA) is 89.3 Å². The Bertz CT molecular complexity index is 801. The molecule has 0 aliphatic carbocycles. The molecule has 2 heterocycles. The third-order valence-corrected chi connectivity index (χ3v) is 3.27. The second-order valence-electron chi connectivity index (χ2n) is 4.90. The smallest absolute Gasteiger partial charge is 0.274 e. The lowest BCUT2D eigenvalue weighted by atomic mass is 10.3. The summed E-state index contributed by atoms with van der Waals surface area (Å²) < 4.78 is 10.3. The number of hydrogen-bond donors (Lipinski definition) is 2. The van der Waals surface area contributed by atoms with E-state index >= 15 is 0 Å². The average molecular weight is 324 g/mol. The Morgan fingerprint density at radius 3 is 2.75 bits per heavy atom. The molecule has 3 aromatic rings. The summed E-state index contributed by atoms with van der Waals surface area (Å²) in [5.74, 6) is 1.72. The highest BCUT2D eigenvalue weighted by molar-refractivity contribution is 6.03. The molecule has 0 aliphatic heterocycles. The van der Waals surface area contributed by atoms with Crippen molar-refractivity contribution in [2.24, 2.45) is 0 Å². The summed E-state index contributed by atoms with van der Waals surface area (Å²) in [6.45, 7) is 0.476. The van der Waals surface area contributed by atoms with Crippen molar-refractivity contribution < 1.29 is 13.9 Å². The number of benzene rings is 1. The molecule has 0 unspecified atom stereocenters. The maximum Gasteiger partial charge on any atom is 0.274 e. The summed E-state index contributed by atoms with van der Waals surface area (Å²) in [6.07, 6.45) is 2.94. The maximum absolute atomic E-state index is 12.3. The number of furan rings is 1. The largest absolute Gasteiger partial charge is 0.497 e. The predicted molar refractivity (Wildman–Crippen MR) is 89.0 cm³/mol. The second-order valence-corrected chi connectivity index (χ2v) is 4.90. The van der Waals surface area contributed by atoms with Crippen LogP contribution in [0.25, 0.3) is 0 Å². The van der Waals surface area contributed by atoms with Crippen LogP contribution in [0.2, 0.25) is 0 Å². The lowest BCUT2D eigenvalue weighted by Gasteiger charge is -2.07. The number of nitrogens with zero attached hydrogens (tertiary/aromatic N) is 2. The van der Waals surface area contributed by atoms with Crippen LogP contribution in [-0.4, -0.2) is 23.0 Å². The lowest BCUT2D eigenvalue weighted by Crippen LogP contribution is -2.14. The molecule has 24 heavy (non-hydrogen) atoms. The number of carbonyl (C=O) groups excluding carboxylic acids is 1. The lowest BCUT2D eigenvalue weighted by molar-refractivity contribution is 0.102. The molecule has 122 valence electrons. The van der Waals surface area contributed by atoms with E-state index in [1.165, 1.54) is 6.33 Å². The van der Waals surface area contributed by atoms with Gasteiger partial charge < -0.3 is 19.8 Å². The van der Waals surface area contributed by atoms with Crippen LogP contribution in [0.1, 0.15) is 16.2 Å². The molecule has 1 amide bonds. The van der Waals surface area contributed by atoms with E-state index in [0.29, 0.717) is 18.1 Å². The molecule has 0 radical (unpaired) electrons. The number of methoxy groups -OCH3 is 1. The fraction of sp³-hybridized carbons (Fsp3) is 0.118. The van der Waals surface area contributed by atoms with Gasteiger partial charge in [-0.3, -0.25) is 4.79 Å². The van der Waals surface area contributed by atoms with Crippen molar-refractivity contribution in [2.75, 3.05) is 17.7 Å². The maximum atomic E-state index is 12.3. The molecule has 0 fully saturated rings. The molecule has 2 aromatic heterocycles. The van der Waals surface area contributed by atoms with Gasteiger partial charge >= 0.3 is 0 Å². The first-order chi connectivity index (χ1) is 11.7. The highest BCUT2D eigenvalue weighted by Gasteiger charge is 2.09. The minimum atomic E-state index is -0.316. The zero-order valence-electron chi connectivity index (χ0n) is 13.0. The first-order valence-electron chi connectivity index (χ1n) is 7.28. The molecular formula is C17H16N4O3. The van der Waals surface area contributed by atoms with Gasteiger partial charge in [-0.25, -0.2) is 9.97 Å². The predicted octanol–water partition coefficient (Wildman–Crippen LogP) is 2.94. The second kappa shape index (κ2) is 7.28. The van der Waals surface area contributed by atoms with E-state index in [0.717, 1.165) is 11.5 Å². The van der Waals surface area contributed by atoms with Gasteiger partial charge in [-0.15, -0.1) is 0 Å². The molecule has 7 heteroatoms. The molecule has 1 aromatic carbocycles. The third kappa shape index (κ3) is 3.89. The quantitative estimate of drug-likeness (QED) is 0.724. The Morgan fingerprint density at radius 2 is 2.04 bits per heavy atom. The van der Waals surface area contributed by atoms with Crippen LogP contribution in [0.4, 0.5) is 11.5 Å². The molecule has 2 N–H and O–H groups in total. The van der Waals surface area contributed by atoms with Crippen LogP contribution in [0, 0.1) is 0 Å². The van der Waals surface area contributed by atoms with Crippen LogP contribution < -0.4 is 15.4 Å². The number of aromatic nitrogens is 2. The third-order valence-electron chi connectivity index (χ3n) is 3.27. The van der Waals surface area contributed by atoms with Crippen LogP contribution in [0.5, 0.6) is 5.75 Å². The van der Waals surface area contributed by atoms with Crippen molar-refractivity contribution >= 4 is 17.4 Å². The van der Waals surface area contributed by atoms with Crippen LogP contribution in [0.3, 0.4) is 0 Å². The Kier molecular flexibility index (Phi) is 4.71. The first kappa shape index (κ1) is 15.5. The van der Waals surface area contributed by atoms with Crippen molar-refractivity contribution in [3.05, 3.63) is 66.5 Å². The molecule has 0 aliphatic rings. The van der Waals surface area contributed by atoms with Gasteiger partial charge in [0, 0.05) is 11.8 Å². The molecule has 0 saturated carbocycles. The molecule has 7 nitrogen and oxygen atoms in total. The van der Waals surface area contributed by atoms with E-state index in [2.05, 4.69) is 20.6 Å². The number of amides is 1. The minimum Gasteiger partial charge on any atom is -0.497 e. The van der Waals surface area contributed by atoms with E-state index in [4.69, 9.17) is 9.15 Å². The molecular weight excluding hydrogens is 308 g/mol. The number of nitrogens with one attached hydrogen (secondary N) is 2. The van der Waals surface area contributed by atoms with Crippen molar-refractivity contribution in [1.82, 2.24) is 9.97 Å². The van der Waals surface area contributed by atoms with E-state index in [9.17, 15) is 4.79 Å². The normalized spacial score (nSPS) is 10.2. The van der Waals surface area contributed by atoms with E-state index in [1.54, 1.807) is 43.7 Å². The summed E-state index contributed by atoms with van der Waals surface area (Å²) in [5, 5.41) is 5.86. The van der Waals surface area contributed by atoms with Crippen molar-refractivity contribution in [1.29, 1.82) is 0 Å². The van der Waals surface area contributed by atoms with E-state index in [-0.39, 0.29) is 11.6 Å². The summed E-state index contributed by atoms with van der Waals surface area (Å²) in [5.41, 5.74) is 0.923. The highest BCUT2D eigenvalue weighted by Crippen LogP contribution is 2.16. The number of carbonyl (C=O) groups is 1. The average Bonchev–Trinajstić information content (AvgIpc) is 3.14. The van der Waals surface area contributed by atoms with Gasteiger partial charge in [0.2, 0.25) is 0 Å². The molecule has 0 atom stereocenters. The first-order valence-corrected chi connectivity index (χ1v) is 7.28. The summed E-state index contributed by atoms with van der Waals surface area (Å²) in [6, 6.07) is 12.3. The Morgan fingerprint density at radius 1 is 1.21 bits per heavy atom. The van der Waals surface area contributed by atoms with Gasteiger partial charge in [0.15, 0.2) is 0 Å². The fourth-order valence-electron chi connectivity index (χ4n) is 2.04. The van der Waals surface area contributed by atoms with Crippen molar-refractivity contribution in [3.8, 4) is 5.75 Å². The Hall–Kier alpha value is -3.35. The van der Waals surface area contributed by atoms with E-state index < -0.39 is 0 Å². The summed E-state index contributed by atoms with van der Waals surface area (Å²) in [7, 11) is 1.59. The molecule has 0 saturated heterocycles. The summed E-state index contributed by atoms with van der Waals surface area (Å²) >= 11 is 0. The zero-order valence-corrected chi connectivity index (χ0v) is 13.0. The fourth-order valence-corrected chi connectivity index (χ4v) is 2.04. The SMILES string of the molecule is COc1ccc(NC(=O)c2cc(NCc3ccco3)ncn2)cc1. The highest BCUT2D eigenvalue weighted by atomic mass is 16.5. The Labute approximate surface area is 138 Å². The molecule has 3 rings (SSSR count). The zero-order chi connectivity index (χ0) is 16.8. The summed E-state index contributed by atoms with van der Waals surface area (Å²) in [4.78, 5) is 20.4. The monoisotopic (exact) mass is 324 g/mol. The molecule has 0 spiro atoms. The standard InChI is InChI=1S/C17H16N4O3/c1-23-13-6-4-12(5-7-13)21-17(22)15-9-16(20-11-19-15)18-10-14-3-2-8-24-14/h2-9,11H,10H2,1H3,(H,21,22)(H,18,19,20). The molecule has 0 bridgehead atoms.